The maximum absolute atomic E-state index is 15.9. The number of H-pyrrole nitrogens is 1. The highest BCUT2D eigenvalue weighted by Gasteiger charge is 2.52. The van der Waals surface area contributed by atoms with Gasteiger partial charge in [0.2, 0.25) is 5.78 Å². The van der Waals surface area contributed by atoms with Gasteiger partial charge >= 0.3 is 14.6 Å². The molecule has 5 aromatic rings. The van der Waals surface area contributed by atoms with Crippen molar-refractivity contribution in [1.29, 1.82) is 0 Å². The van der Waals surface area contributed by atoms with E-state index in [2.05, 4.69) is 42.2 Å². The normalized spacial score (nSPS) is 35.7. The van der Waals surface area contributed by atoms with Crippen LogP contribution in [0.4, 0.5) is 10.2 Å². The van der Waals surface area contributed by atoms with Crippen molar-refractivity contribution >= 4 is 60.8 Å². The minimum Gasteiger partial charge on any atom is -0.382 e. The Hall–Kier alpha value is -3.26. The van der Waals surface area contributed by atoms with E-state index in [4.69, 9.17) is 28.6 Å². The lowest BCUT2D eigenvalue weighted by Crippen LogP contribution is -2.43. The van der Waals surface area contributed by atoms with Crippen LogP contribution in [0.1, 0.15) is 18.7 Å². The number of rotatable bonds is 2. The van der Waals surface area contributed by atoms with Crippen LogP contribution in [-0.2, 0) is 32.0 Å². The Kier molecular flexibility index (Phi) is 7.13. The van der Waals surface area contributed by atoms with Crippen molar-refractivity contribution in [2.75, 3.05) is 25.6 Å². The van der Waals surface area contributed by atoms with Crippen LogP contribution in [-0.4, -0.2) is 86.5 Å². The molecular formula is C23H25FN10O9P2S. The Morgan fingerprint density at radius 3 is 2.67 bits per heavy atom. The number of alkyl halides is 1. The van der Waals surface area contributed by atoms with Gasteiger partial charge in [0.25, 0.3) is 5.56 Å². The number of thiol groups is 1. The minimum atomic E-state index is -4.73. The molecule has 3 aliphatic rings. The largest absolute Gasteiger partial charge is 0.472 e. The van der Waals surface area contributed by atoms with Gasteiger partial charge in [-0.2, -0.15) is 0 Å². The monoisotopic (exact) mass is 698 g/mol. The molecule has 23 heteroatoms. The Bertz CT molecular complexity index is 2140. The Morgan fingerprint density at radius 1 is 1.04 bits per heavy atom. The van der Waals surface area contributed by atoms with Crippen molar-refractivity contribution in [2.24, 2.45) is 11.8 Å². The molecule has 0 amide bonds. The highest BCUT2D eigenvalue weighted by atomic mass is 32.7. The van der Waals surface area contributed by atoms with Crippen LogP contribution in [0.2, 0.25) is 0 Å². The molecule has 0 spiro atoms. The van der Waals surface area contributed by atoms with E-state index in [0.717, 1.165) is 0 Å². The van der Waals surface area contributed by atoms with E-state index in [1.54, 1.807) is 4.57 Å². The van der Waals surface area contributed by atoms with E-state index in [9.17, 15) is 18.8 Å². The first-order valence-electron chi connectivity index (χ1n) is 13.9. The standard InChI is InChI=1S/C23H25FN10O9P2S/c24-14-13-6-40-44(36,37)39-5-11-10(3-12(11)33-8-29-15-18(25)27-7-28-19(15)33)4-41-45(38,46)43-17(14)22(42-13)34-9-30-16-20(34)31-23-26-1-2-32(23)21(16)35/h1-2,7-14,17,22H,3-6H2,(H,26,31)(H,36,37)(H,38,46)(H2,25,27,28)/t10-,11-,12-,13-,14-,17-,22-,45-/m1/s1. The number of hydrogen-bond donors (Lipinski definition) is 4. The average molecular weight is 699 g/mol. The molecule has 9 atom stereocenters. The second-order valence-electron chi connectivity index (χ2n) is 11.1. The van der Waals surface area contributed by atoms with Crippen LogP contribution in [0.5, 0.6) is 0 Å². The van der Waals surface area contributed by atoms with Crippen LogP contribution in [0.15, 0.2) is 36.2 Å². The van der Waals surface area contributed by atoms with Gasteiger partial charge in [-0.25, -0.2) is 42.8 Å². The van der Waals surface area contributed by atoms with E-state index in [0.29, 0.717) is 17.6 Å². The zero-order valence-electron chi connectivity index (χ0n) is 23.3. The number of nitrogens with two attached hydrogens (primary N) is 1. The van der Waals surface area contributed by atoms with Crippen LogP contribution >= 0.6 is 26.9 Å². The first kappa shape index (κ1) is 30.1. The van der Waals surface area contributed by atoms with Gasteiger partial charge in [0.05, 0.1) is 32.5 Å². The molecule has 5 aromatic heterocycles. The average Bonchev–Trinajstić information content (AvgIpc) is 3.79. The molecule has 19 nitrogen and oxygen atoms in total. The number of imidazole rings is 3. The van der Waals surface area contributed by atoms with Gasteiger partial charge in [0, 0.05) is 24.4 Å². The summed E-state index contributed by atoms with van der Waals surface area (Å²) in [6, 6.07) is -0.321. The second kappa shape index (κ2) is 10.9. The fourth-order valence-electron chi connectivity index (χ4n) is 6.19. The number of aromatic amines is 1. The smallest absolute Gasteiger partial charge is 0.382 e. The zero-order chi connectivity index (χ0) is 32.0. The van der Waals surface area contributed by atoms with E-state index < -0.39 is 57.3 Å². The summed E-state index contributed by atoms with van der Waals surface area (Å²) in [5.41, 5.74) is 6.37. The van der Waals surface area contributed by atoms with Crippen molar-refractivity contribution in [3.8, 4) is 0 Å². The molecule has 0 aromatic carbocycles. The molecule has 2 bridgehead atoms. The number of halogens is 1. The third-order valence-electron chi connectivity index (χ3n) is 8.55. The summed E-state index contributed by atoms with van der Waals surface area (Å²) in [4.78, 5) is 47.1. The number of ether oxygens (including phenoxy) is 1. The van der Waals surface area contributed by atoms with Gasteiger partial charge < -0.3 is 29.4 Å². The van der Waals surface area contributed by atoms with E-state index in [1.165, 1.54) is 40.3 Å². The lowest BCUT2D eigenvalue weighted by atomic mass is 9.70. The molecule has 244 valence electrons. The topological polar surface area (TPSA) is 238 Å². The molecule has 4 N–H and O–H groups in total. The van der Waals surface area contributed by atoms with Gasteiger partial charge in [0.1, 0.15) is 29.7 Å². The summed E-state index contributed by atoms with van der Waals surface area (Å²) < 4.78 is 74.4. The van der Waals surface area contributed by atoms with Crippen LogP contribution < -0.4 is 11.3 Å². The number of anilines is 1. The number of aromatic nitrogens is 9. The maximum Gasteiger partial charge on any atom is 0.472 e. The molecule has 8 rings (SSSR count). The van der Waals surface area contributed by atoms with Crippen molar-refractivity contribution in [1.82, 2.24) is 43.4 Å². The SMILES string of the molecule is Nc1ncnc2c1ncn2[C@@H]1C[C@@H]2CO[P@@](=O)(S)O[C@@H]3[C@H](F)[C@@H](COP(=O)(O)OC[C@H]21)O[C@H]3n1cnc2c(=O)n3ccnc3[nH]c21. The highest BCUT2D eigenvalue weighted by Crippen LogP contribution is 2.59. The summed E-state index contributed by atoms with van der Waals surface area (Å²) >= 11 is 4.13. The molecule has 1 saturated carbocycles. The molecule has 2 saturated heterocycles. The van der Waals surface area contributed by atoms with Crippen molar-refractivity contribution in [3.63, 3.8) is 0 Å². The highest BCUT2D eigenvalue weighted by molar-refractivity contribution is 8.44. The lowest BCUT2D eigenvalue weighted by Gasteiger charge is -2.45. The maximum atomic E-state index is 15.9. The number of phosphoric ester groups is 1. The summed E-state index contributed by atoms with van der Waals surface area (Å²) in [5, 5.41) is 0. The fraction of sp³-hybridized carbons (Fsp3) is 0.478. The van der Waals surface area contributed by atoms with E-state index in [-0.39, 0.29) is 47.9 Å². The molecule has 0 radical (unpaired) electrons. The minimum absolute atomic E-state index is 0.0159. The number of nitrogens with zero attached hydrogens (tertiary/aromatic N) is 8. The Balaban J connectivity index is 1.10. The van der Waals surface area contributed by atoms with Crippen LogP contribution in [0.3, 0.4) is 0 Å². The van der Waals surface area contributed by atoms with Gasteiger partial charge in [-0.05, 0) is 12.3 Å². The van der Waals surface area contributed by atoms with E-state index in [1.807, 2.05) is 0 Å². The van der Waals surface area contributed by atoms with Crippen LogP contribution in [0.25, 0.3) is 28.1 Å². The Morgan fingerprint density at radius 2 is 1.83 bits per heavy atom. The summed E-state index contributed by atoms with van der Waals surface area (Å²) in [5.74, 6) is -0.452. The first-order valence-corrected chi connectivity index (χ1v) is 18.1. The number of fused-ring (bicyclic) bond motifs is 6. The quantitative estimate of drug-likeness (QED) is 0.152. The molecule has 1 aliphatic carbocycles. The van der Waals surface area contributed by atoms with Gasteiger partial charge in [-0.15, -0.1) is 0 Å². The summed E-state index contributed by atoms with van der Waals surface area (Å²) in [7, 11) is -4.73. The first-order chi connectivity index (χ1) is 22.0. The molecule has 3 fully saturated rings. The summed E-state index contributed by atoms with van der Waals surface area (Å²) in [6.45, 7) is -5.45. The molecule has 46 heavy (non-hydrogen) atoms. The number of hydrogen-bond acceptors (Lipinski definition) is 14. The summed E-state index contributed by atoms with van der Waals surface area (Å²) in [6.07, 6.45) is 0.765. The number of nitrogen functional groups attached to an aromatic ring is 1. The van der Waals surface area contributed by atoms with Gasteiger partial charge in [-0.3, -0.25) is 22.9 Å². The second-order valence-corrected chi connectivity index (χ2v) is 15.4. The fourth-order valence-corrected chi connectivity index (χ4v) is 8.45. The molecule has 2 aliphatic heterocycles. The Labute approximate surface area is 261 Å². The van der Waals surface area contributed by atoms with Crippen molar-refractivity contribution < 1.29 is 41.2 Å². The van der Waals surface area contributed by atoms with Crippen molar-refractivity contribution in [2.45, 2.75) is 37.1 Å². The third-order valence-corrected chi connectivity index (χ3v) is 11.1. The predicted octanol–water partition coefficient (Wildman–Crippen LogP) is 1.79. The predicted molar refractivity (Wildman–Crippen MR) is 157 cm³/mol. The molecular weight excluding hydrogens is 673 g/mol. The lowest BCUT2D eigenvalue weighted by molar-refractivity contribution is -0.0470. The van der Waals surface area contributed by atoms with Crippen LogP contribution in [0, 0.1) is 11.8 Å². The van der Waals surface area contributed by atoms with Gasteiger partial charge in [-0.1, -0.05) is 12.2 Å². The zero-order valence-corrected chi connectivity index (χ0v) is 26.0. The number of phosphoric acid groups is 1. The molecule has 7 heterocycles. The number of nitrogens with one attached hydrogen (secondary N) is 1. The van der Waals surface area contributed by atoms with E-state index >= 15 is 4.39 Å². The third kappa shape index (κ3) is 4.97. The van der Waals surface area contributed by atoms with Gasteiger partial charge in [0.15, 0.2) is 29.4 Å². The van der Waals surface area contributed by atoms with Crippen molar-refractivity contribution in [3.05, 3.63) is 41.7 Å². The molecule has 1 unspecified atom stereocenters.